The predicted molar refractivity (Wildman–Crippen MR) is 101 cm³/mol. The van der Waals surface area contributed by atoms with E-state index in [0.29, 0.717) is 22.5 Å². The fourth-order valence-corrected chi connectivity index (χ4v) is 3.25. The van der Waals surface area contributed by atoms with Crippen LogP contribution in [0, 0.1) is 0 Å². The van der Waals surface area contributed by atoms with Gasteiger partial charge in [-0.3, -0.25) is 9.59 Å². The maximum atomic E-state index is 11.2. The molecule has 0 aliphatic rings. The quantitative estimate of drug-likeness (QED) is 0.588. The number of halogens is 2. The highest BCUT2D eigenvalue weighted by molar-refractivity contribution is 7.18. The Bertz CT molecular complexity index is 958. The highest BCUT2D eigenvalue weighted by Crippen LogP contribution is 2.20. The van der Waals surface area contributed by atoms with Gasteiger partial charge in [0, 0.05) is 26.2 Å². The number of H-pyrrole nitrogens is 1. The minimum Gasteiger partial charge on any atom is -0.378 e. The van der Waals surface area contributed by atoms with Crippen LogP contribution >= 0.6 is 34.5 Å². The van der Waals surface area contributed by atoms with Crippen molar-refractivity contribution >= 4 is 50.7 Å². The number of hydrogen-bond acceptors (Lipinski definition) is 9. The van der Waals surface area contributed by atoms with Crippen LogP contribution in [0.15, 0.2) is 17.4 Å². The van der Waals surface area contributed by atoms with Gasteiger partial charge in [-0.15, -0.1) is 0 Å². The lowest BCUT2D eigenvalue weighted by atomic mass is 10.2. The van der Waals surface area contributed by atoms with Crippen LogP contribution in [0.4, 0.5) is 0 Å². The lowest BCUT2D eigenvalue weighted by Gasteiger charge is -2.03. The van der Waals surface area contributed by atoms with Crippen LogP contribution < -0.4 is 5.56 Å². The third-order valence-electron chi connectivity index (χ3n) is 3.03. The van der Waals surface area contributed by atoms with E-state index in [1.165, 1.54) is 31.1 Å². The van der Waals surface area contributed by atoms with Gasteiger partial charge in [-0.1, -0.05) is 34.5 Å². The van der Waals surface area contributed by atoms with Crippen molar-refractivity contribution in [3.8, 4) is 0 Å². The monoisotopic (exact) mass is 431 g/mol. The van der Waals surface area contributed by atoms with Gasteiger partial charge in [0.15, 0.2) is 16.1 Å². The molecule has 0 radical (unpaired) electrons. The number of carbonyl (C=O) groups is 1. The first-order chi connectivity index (χ1) is 13.0. The second-order valence-electron chi connectivity index (χ2n) is 5.01. The van der Waals surface area contributed by atoms with Crippen LogP contribution in [-0.4, -0.2) is 51.5 Å². The van der Waals surface area contributed by atoms with Gasteiger partial charge >= 0.3 is 0 Å². The van der Waals surface area contributed by atoms with Gasteiger partial charge in [-0.2, -0.15) is 0 Å². The molecule has 0 spiro atoms. The molecule has 27 heavy (non-hydrogen) atoms. The van der Waals surface area contributed by atoms with E-state index in [9.17, 15) is 9.59 Å². The minimum absolute atomic E-state index is 0.0293. The number of methoxy groups -OCH3 is 2. The molecule has 12 heteroatoms. The zero-order valence-corrected chi connectivity index (χ0v) is 16.7. The summed E-state index contributed by atoms with van der Waals surface area (Å²) in [6.07, 6.45) is 2.71. The number of thiazole rings is 1. The van der Waals surface area contributed by atoms with Crippen LogP contribution in [0.1, 0.15) is 10.6 Å². The van der Waals surface area contributed by atoms with E-state index < -0.39 is 0 Å². The Morgan fingerprint density at radius 3 is 2.48 bits per heavy atom. The van der Waals surface area contributed by atoms with Crippen molar-refractivity contribution in [1.82, 2.24) is 24.9 Å². The molecule has 3 aromatic heterocycles. The maximum Gasteiger partial charge on any atom is 0.278 e. The molecule has 0 saturated heterocycles. The average Bonchev–Trinajstić information content (AvgIpc) is 3.04. The summed E-state index contributed by atoms with van der Waals surface area (Å²) in [6.45, 7) is 0.446. The van der Waals surface area contributed by atoms with Gasteiger partial charge in [0.05, 0.1) is 12.9 Å². The van der Waals surface area contributed by atoms with E-state index in [1.54, 1.807) is 7.11 Å². The van der Waals surface area contributed by atoms with Gasteiger partial charge in [-0.05, 0) is 0 Å². The normalized spacial score (nSPS) is 10.5. The third-order valence-corrected chi connectivity index (χ3v) is 4.62. The predicted octanol–water partition coefficient (Wildman–Crippen LogP) is 2.07. The fourth-order valence-electron chi connectivity index (χ4n) is 1.92. The van der Waals surface area contributed by atoms with Crippen molar-refractivity contribution < 1.29 is 14.3 Å². The molecule has 0 aliphatic heterocycles. The Morgan fingerprint density at radius 2 is 1.89 bits per heavy atom. The minimum atomic E-state index is -0.205. The standard InChI is InChI=1S/C8H8Cl2N2O2.C7H7N3O2S/c1-14-3-5(13)2-6-7(9)11-4-12-8(6)10;1-12-2-4-10-5-6(11)8-3-9-7(5)13-4/h4H,2-3H2,1H3;3H,2H2,1H3,(H,8,9,11). The average molecular weight is 432 g/mol. The number of nitrogens with zero attached hydrogens (tertiary/aromatic N) is 4. The van der Waals surface area contributed by atoms with Crippen LogP contribution in [0.25, 0.3) is 10.3 Å². The summed E-state index contributed by atoms with van der Waals surface area (Å²) in [4.78, 5) is 41.1. The second kappa shape index (κ2) is 10.4. The van der Waals surface area contributed by atoms with Crippen molar-refractivity contribution in [2.75, 3.05) is 20.8 Å². The summed E-state index contributed by atoms with van der Waals surface area (Å²) in [5.41, 5.74) is 0.626. The van der Waals surface area contributed by atoms with Crippen LogP contribution in [0.3, 0.4) is 0 Å². The molecule has 0 atom stereocenters. The number of fused-ring (bicyclic) bond motifs is 1. The Balaban J connectivity index is 0.000000194. The van der Waals surface area contributed by atoms with Crippen LogP contribution in [-0.2, 0) is 27.3 Å². The van der Waals surface area contributed by atoms with Gasteiger partial charge in [0.2, 0.25) is 0 Å². The number of carbonyl (C=O) groups excluding carboxylic acids is 1. The Hall–Kier alpha value is -1.98. The molecule has 0 amide bonds. The molecule has 3 heterocycles. The SMILES string of the molecule is COCC(=O)Cc1c(Cl)ncnc1Cl.COCc1nc2c(=O)[nH]cnc2s1. The summed E-state index contributed by atoms with van der Waals surface area (Å²) < 4.78 is 9.58. The molecule has 0 fully saturated rings. The summed E-state index contributed by atoms with van der Waals surface area (Å²) in [5.74, 6) is -0.119. The van der Waals surface area contributed by atoms with E-state index >= 15 is 0 Å². The first-order valence-corrected chi connectivity index (χ1v) is 9.01. The number of Topliss-reactive ketones (excluding diaryl/α,β-unsaturated/α-hetero) is 1. The molecular formula is C15H15Cl2N5O4S. The molecule has 1 N–H and O–H groups in total. The van der Waals surface area contributed by atoms with E-state index in [4.69, 9.17) is 27.9 Å². The number of aromatic amines is 1. The summed E-state index contributed by atoms with van der Waals surface area (Å²) in [6, 6.07) is 0. The fraction of sp³-hybridized carbons (Fsp3) is 0.333. The molecule has 144 valence electrons. The van der Waals surface area contributed by atoms with Crippen molar-refractivity contribution in [2.45, 2.75) is 13.0 Å². The molecular weight excluding hydrogens is 417 g/mol. The Labute approximate surface area is 167 Å². The number of aromatic nitrogens is 5. The highest BCUT2D eigenvalue weighted by Gasteiger charge is 2.12. The zero-order chi connectivity index (χ0) is 19.8. The van der Waals surface area contributed by atoms with Crippen molar-refractivity contribution in [3.05, 3.63) is 43.9 Å². The highest BCUT2D eigenvalue weighted by atomic mass is 35.5. The summed E-state index contributed by atoms with van der Waals surface area (Å²) in [5, 5.41) is 1.17. The van der Waals surface area contributed by atoms with E-state index in [1.807, 2.05) is 0 Å². The molecule has 0 aliphatic carbocycles. The lowest BCUT2D eigenvalue weighted by molar-refractivity contribution is -0.121. The smallest absolute Gasteiger partial charge is 0.278 e. The molecule has 0 aromatic carbocycles. The Kier molecular flexibility index (Phi) is 8.20. The van der Waals surface area contributed by atoms with Crippen LogP contribution in [0.5, 0.6) is 0 Å². The summed E-state index contributed by atoms with van der Waals surface area (Å²) >= 11 is 12.9. The maximum absolute atomic E-state index is 11.2. The number of ether oxygens (including phenoxy) is 2. The van der Waals surface area contributed by atoms with E-state index in [-0.39, 0.29) is 34.7 Å². The van der Waals surface area contributed by atoms with Crippen molar-refractivity contribution in [1.29, 1.82) is 0 Å². The van der Waals surface area contributed by atoms with Gasteiger partial charge in [0.1, 0.15) is 28.2 Å². The second-order valence-corrected chi connectivity index (χ2v) is 6.79. The lowest BCUT2D eigenvalue weighted by Crippen LogP contribution is -2.11. The largest absolute Gasteiger partial charge is 0.378 e. The van der Waals surface area contributed by atoms with Gasteiger partial charge in [-0.25, -0.2) is 19.9 Å². The van der Waals surface area contributed by atoms with E-state index in [0.717, 1.165) is 5.01 Å². The number of ketones is 1. The Morgan fingerprint density at radius 1 is 1.19 bits per heavy atom. The molecule has 3 rings (SSSR count). The molecule has 0 saturated carbocycles. The molecule has 9 nitrogen and oxygen atoms in total. The van der Waals surface area contributed by atoms with Gasteiger partial charge < -0.3 is 14.5 Å². The number of nitrogens with one attached hydrogen (secondary N) is 1. The molecule has 0 unspecified atom stereocenters. The third kappa shape index (κ3) is 6.01. The first-order valence-electron chi connectivity index (χ1n) is 7.43. The topological polar surface area (TPSA) is 120 Å². The number of hydrogen-bond donors (Lipinski definition) is 1. The van der Waals surface area contributed by atoms with Crippen molar-refractivity contribution in [3.63, 3.8) is 0 Å². The van der Waals surface area contributed by atoms with Crippen LogP contribution in [0.2, 0.25) is 10.3 Å². The molecule has 0 bridgehead atoms. The van der Waals surface area contributed by atoms with Crippen molar-refractivity contribution in [2.24, 2.45) is 0 Å². The zero-order valence-electron chi connectivity index (χ0n) is 14.4. The number of rotatable bonds is 6. The first kappa shape index (κ1) is 21.3. The van der Waals surface area contributed by atoms with Gasteiger partial charge in [0.25, 0.3) is 5.56 Å². The summed E-state index contributed by atoms with van der Waals surface area (Å²) in [7, 11) is 3.03. The molecule has 3 aromatic rings. The van der Waals surface area contributed by atoms with E-state index in [2.05, 4.69) is 29.7 Å².